The molecule has 0 aromatic carbocycles. The SMILES string of the molecule is CCN(CC)C(=O)CN(C)Cc1ccc(C#CCO)s1. The predicted octanol–water partition coefficient (Wildman–Crippen LogP) is 1.39. The molecule has 0 atom stereocenters. The van der Waals surface area contributed by atoms with E-state index >= 15 is 0 Å². The molecule has 20 heavy (non-hydrogen) atoms. The number of aliphatic hydroxyl groups excluding tert-OH is 1. The van der Waals surface area contributed by atoms with Gasteiger partial charge in [-0.3, -0.25) is 9.69 Å². The van der Waals surface area contributed by atoms with Crippen molar-refractivity contribution in [2.75, 3.05) is 33.3 Å². The number of carbonyl (C=O) groups excluding carboxylic acids is 1. The first-order valence-corrected chi connectivity index (χ1v) is 7.57. The Morgan fingerprint density at radius 3 is 2.65 bits per heavy atom. The minimum atomic E-state index is -0.120. The first-order valence-electron chi connectivity index (χ1n) is 6.75. The molecule has 0 saturated heterocycles. The molecular weight excluding hydrogens is 272 g/mol. The van der Waals surface area contributed by atoms with Gasteiger partial charge in [0.2, 0.25) is 5.91 Å². The third kappa shape index (κ3) is 5.33. The fraction of sp³-hybridized carbons (Fsp3) is 0.533. The summed E-state index contributed by atoms with van der Waals surface area (Å²) in [5.74, 6) is 5.69. The van der Waals surface area contributed by atoms with E-state index in [0.717, 1.165) is 24.5 Å². The molecule has 5 heteroatoms. The second-order valence-electron chi connectivity index (χ2n) is 4.46. The summed E-state index contributed by atoms with van der Waals surface area (Å²) < 4.78 is 0. The van der Waals surface area contributed by atoms with Crippen LogP contribution in [0.2, 0.25) is 0 Å². The number of hydrogen-bond acceptors (Lipinski definition) is 4. The molecule has 1 amide bonds. The van der Waals surface area contributed by atoms with E-state index in [4.69, 9.17) is 5.11 Å². The zero-order valence-corrected chi connectivity index (χ0v) is 13.2. The zero-order chi connectivity index (χ0) is 15.0. The molecule has 1 aromatic rings. The van der Waals surface area contributed by atoms with Crippen molar-refractivity contribution in [3.8, 4) is 11.8 Å². The van der Waals surface area contributed by atoms with Crippen molar-refractivity contribution in [2.24, 2.45) is 0 Å². The van der Waals surface area contributed by atoms with Crippen molar-refractivity contribution in [1.82, 2.24) is 9.80 Å². The van der Waals surface area contributed by atoms with Crippen LogP contribution in [0.1, 0.15) is 23.6 Å². The molecule has 0 bridgehead atoms. The highest BCUT2D eigenvalue weighted by atomic mass is 32.1. The molecule has 0 aliphatic carbocycles. The van der Waals surface area contributed by atoms with Gasteiger partial charge < -0.3 is 10.0 Å². The highest BCUT2D eigenvalue weighted by Gasteiger charge is 2.13. The second-order valence-corrected chi connectivity index (χ2v) is 5.63. The zero-order valence-electron chi connectivity index (χ0n) is 12.3. The molecule has 0 aliphatic rings. The highest BCUT2D eigenvalue weighted by Crippen LogP contribution is 2.16. The monoisotopic (exact) mass is 294 g/mol. The Bertz CT molecular complexity index is 484. The molecule has 0 spiro atoms. The van der Waals surface area contributed by atoms with Crippen LogP contribution >= 0.6 is 11.3 Å². The van der Waals surface area contributed by atoms with Crippen LogP contribution in [0.4, 0.5) is 0 Å². The number of rotatable bonds is 6. The Labute approximate surface area is 125 Å². The lowest BCUT2D eigenvalue weighted by atomic mass is 10.3. The van der Waals surface area contributed by atoms with Crippen LogP contribution in [-0.4, -0.2) is 54.1 Å². The van der Waals surface area contributed by atoms with Gasteiger partial charge in [-0.2, -0.15) is 0 Å². The minimum Gasteiger partial charge on any atom is -0.384 e. The fourth-order valence-corrected chi connectivity index (χ4v) is 2.85. The maximum Gasteiger partial charge on any atom is 0.236 e. The van der Waals surface area contributed by atoms with E-state index in [1.54, 1.807) is 11.3 Å². The number of nitrogens with zero attached hydrogens (tertiary/aromatic N) is 2. The second kappa shape index (κ2) is 8.75. The molecule has 0 aliphatic heterocycles. The van der Waals surface area contributed by atoms with Gasteiger partial charge in [0.25, 0.3) is 0 Å². The average molecular weight is 294 g/mol. The summed E-state index contributed by atoms with van der Waals surface area (Å²) in [5.41, 5.74) is 0. The lowest BCUT2D eigenvalue weighted by Gasteiger charge is -2.22. The molecule has 1 rings (SSSR count). The van der Waals surface area contributed by atoms with E-state index in [0.29, 0.717) is 6.54 Å². The van der Waals surface area contributed by atoms with Crippen molar-refractivity contribution in [1.29, 1.82) is 0 Å². The number of aliphatic hydroxyl groups is 1. The van der Waals surface area contributed by atoms with Gasteiger partial charge in [-0.05, 0) is 33.0 Å². The maximum absolute atomic E-state index is 12.0. The van der Waals surface area contributed by atoms with Crippen LogP contribution in [-0.2, 0) is 11.3 Å². The van der Waals surface area contributed by atoms with E-state index in [2.05, 4.69) is 11.8 Å². The van der Waals surface area contributed by atoms with Crippen molar-refractivity contribution in [2.45, 2.75) is 20.4 Å². The van der Waals surface area contributed by atoms with Crippen molar-refractivity contribution >= 4 is 17.2 Å². The van der Waals surface area contributed by atoms with Gasteiger partial charge >= 0.3 is 0 Å². The molecule has 1 heterocycles. The lowest BCUT2D eigenvalue weighted by molar-refractivity contribution is -0.131. The highest BCUT2D eigenvalue weighted by molar-refractivity contribution is 7.12. The summed E-state index contributed by atoms with van der Waals surface area (Å²) in [4.78, 5) is 17.9. The lowest BCUT2D eigenvalue weighted by Crippen LogP contribution is -2.38. The number of amides is 1. The third-order valence-electron chi connectivity index (χ3n) is 2.90. The van der Waals surface area contributed by atoms with E-state index in [1.165, 1.54) is 4.88 Å². The topological polar surface area (TPSA) is 43.8 Å². The van der Waals surface area contributed by atoms with Gasteiger partial charge in [0.15, 0.2) is 0 Å². The summed E-state index contributed by atoms with van der Waals surface area (Å²) in [6.07, 6.45) is 0. The van der Waals surface area contributed by atoms with Gasteiger partial charge in [-0.15, -0.1) is 11.3 Å². The van der Waals surface area contributed by atoms with Crippen LogP contribution in [0.3, 0.4) is 0 Å². The molecule has 0 saturated carbocycles. The molecule has 0 unspecified atom stereocenters. The van der Waals surface area contributed by atoms with Crippen LogP contribution in [0.15, 0.2) is 12.1 Å². The van der Waals surface area contributed by atoms with Gasteiger partial charge in [-0.25, -0.2) is 0 Å². The summed E-state index contributed by atoms with van der Waals surface area (Å²) in [5, 5.41) is 8.66. The smallest absolute Gasteiger partial charge is 0.236 e. The fourth-order valence-electron chi connectivity index (χ4n) is 1.89. The molecule has 1 N–H and O–H groups in total. The Hall–Kier alpha value is -1.35. The number of carbonyl (C=O) groups is 1. The van der Waals surface area contributed by atoms with Gasteiger partial charge in [0.1, 0.15) is 6.61 Å². The first-order chi connectivity index (χ1) is 9.60. The van der Waals surface area contributed by atoms with Crippen molar-refractivity contribution < 1.29 is 9.90 Å². The van der Waals surface area contributed by atoms with E-state index in [1.807, 2.05) is 42.8 Å². The van der Waals surface area contributed by atoms with E-state index in [-0.39, 0.29) is 12.5 Å². The summed E-state index contributed by atoms with van der Waals surface area (Å²) >= 11 is 1.60. The largest absolute Gasteiger partial charge is 0.384 e. The third-order valence-corrected chi connectivity index (χ3v) is 3.88. The van der Waals surface area contributed by atoms with Gasteiger partial charge in [0, 0.05) is 24.5 Å². The maximum atomic E-state index is 12.0. The normalized spacial score (nSPS) is 10.2. The van der Waals surface area contributed by atoms with E-state index in [9.17, 15) is 4.79 Å². The molecule has 1 aromatic heterocycles. The summed E-state index contributed by atoms with van der Waals surface area (Å²) in [6.45, 7) is 6.53. The standard InChI is InChI=1S/C15H22N2O2S/c1-4-17(5-2)15(19)12-16(3)11-14-9-8-13(20-14)7-6-10-18/h8-9,18H,4-5,10-12H2,1-3H3. The van der Waals surface area contributed by atoms with Crippen molar-refractivity contribution in [3.63, 3.8) is 0 Å². The average Bonchev–Trinajstić information content (AvgIpc) is 2.85. The van der Waals surface area contributed by atoms with Crippen LogP contribution < -0.4 is 0 Å². The Kier molecular flexibility index (Phi) is 7.31. The quantitative estimate of drug-likeness (QED) is 0.807. The van der Waals surface area contributed by atoms with Crippen molar-refractivity contribution in [3.05, 3.63) is 21.9 Å². The molecule has 0 radical (unpaired) electrons. The molecule has 4 nitrogen and oxygen atoms in total. The molecular formula is C15H22N2O2S. The number of thiophene rings is 1. The summed E-state index contributed by atoms with van der Waals surface area (Å²) in [7, 11) is 1.94. The molecule has 0 fully saturated rings. The first kappa shape index (κ1) is 16.7. The van der Waals surface area contributed by atoms with Crippen LogP contribution in [0.5, 0.6) is 0 Å². The van der Waals surface area contributed by atoms with E-state index < -0.39 is 0 Å². The van der Waals surface area contributed by atoms with Crippen LogP contribution in [0.25, 0.3) is 0 Å². The van der Waals surface area contributed by atoms with Crippen LogP contribution in [0, 0.1) is 11.8 Å². The number of hydrogen-bond donors (Lipinski definition) is 1. The Balaban J connectivity index is 2.51. The number of likely N-dealkylation sites (N-methyl/N-ethyl adjacent to an activating group) is 2. The van der Waals surface area contributed by atoms with Gasteiger partial charge in [0.05, 0.1) is 11.4 Å². The predicted molar refractivity (Wildman–Crippen MR) is 82.5 cm³/mol. The minimum absolute atomic E-state index is 0.120. The molecule has 110 valence electrons. The summed E-state index contributed by atoms with van der Waals surface area (Å²) in [6, 6.07) is 3.97. The Morgan fingerprint density at radius 2 is 2.05 bits per heavy atom. The Morgan fingerprint density at radius 1 is 1.35 bits per heavy atom. The van der Waals surface area contributed by atoms with Gasteiger partial charge in [-0.1, -0.05) is 11.8 Å².